The summed E-state index contributed by atoms with van der Waals surface area (Å²) in [6.07, 6.45) is 0.133. The lowest BCUT2D eigenvalue weighted by Gasteiger charge is -2.32. The Kier molecular flexibility index (Phi) is 5.01. The van der Waals surface area contributed by atoms with Crippen LogP contribution in [0.1, 0.15) is 35.6 Å². The molecule has 1 aromatic heterocycles. The molecule has 0 radical (unpaired) electrons. The van der Waals surface area contributed by atoms with Crippen molar-refractivity contribution in [2.45, 2.75) is 31.4 Å². The quantitative estimate of drug-likeness (QED) is 0.853. The van der Waals surface area contributed by atoms with Gasteiger partial charge in [0.15, 0.2) is 0 Å². The molecule has 0 saturated carbocycles. The van der Waals surface area contributed by atoms with Crippen molar-refractivity contribution in [2.24, 2.45) is 0 Å². The minimum absolute atomic E-state index is 0.0177. The van der Waals surface area contributed by atoms with E-state index in [1.165, 1.54) is 24.5 Å². The highest BCUT2D eigenvalue weighted by molar-refractivity contribution is 5.79. The van der Waals surface area contributed by atoms with E-state index in [1.807, 2.05) is 6.07 Å². The first-order valence-electron chi connectivity index (χ1n) is 8.14. The summed E-state index contributed by atoms with van der Waals surface area (Å²) in [5.74, 6) is -0.186. The van der Waals surface area contributed by atoms with Gasteiger partial charge >= 0.3 is 6.18 Å². The lowest BCUT2D eigenvalue weighted by Crippen LogP contribution is -2.40. The van der Waals surface area contributed by atoms with E-state index in [9.17, 15) is 18.0 Å². The van der Waals surface area contributed by atoms with Crippen LogP contribution in [0.2, 0.25) is 0 Å². The van der Waals surface area contributed by atoms with Crippen LogP contribution in [0.15, 0.2) is 42.9 Å². The van der Waals surface area contributed by atoms with Gasteiger partial charge < -0.3 is 4.90 Å². The second-order valence-corrected chi connectivity index (χ2v) is 6.14. The summed E-state index contributed by atoms with van der Waals surface area (Å²) in [6, 6.07) is 7.06. The molecular weight excluding hydrogens is 331 g/mol. The predicted octanol–water partition coefficient (Wildman–Crippen LogP) is 3.44. The van der Waals surface area contributed by atoms with Gasteiger partial charge in [-0.3, -0.25) is 4.79 Å². The molecule has 1 saturated heterocycles. The van der Waals surface area contributed by atoms with Gasteiger partial charge in [-0.1, -0.05) is 18.2 Å². The minimum Gasteiger partial charge on any atom is -0.342 e. The van der Waals surface area contributed by atoms with Crippen molar-refractivity contribution in [1.82, 2.24) is 14.9 Å². The van der Waals surface area contributed by atoms with Gasteiger partial charge in [-0.05, 0) is 30.5 Å². The van der Waals surface area contributed by atoms with E-state index in [0.717, 1.165) is 24.6 Å². The zero-order valence-corrected chi connectivity index (χ0v) is 13.5. The fourth-order valence-electron chi connectivity index (χ4n) is 3.21. The van der Waals surface area contributed by atoms with Crippen molar-refractivity contribution < 1.29 is 18.0 Å². The third kappa shape index (κ3) is 4.15. The Morgan fingerprint density at radius 1 is 1.24 bits per heavy atom. The normalized spacial score (nSPS) is 18.2. The average Bonchev–Trinajstić information content (AvgIpc) is 2.62. The van der Waals surface area contributed by atoms with Crippen molar-refractivity contribution in [3.05, 3.63) is 59.7 Å². The first kappa shape index (κ1) is 17.4. The zero-order valence-electron chi connectivity index (χ0n) is 13.5. The summed E-state index contributed by atoms with van der Waals surface area (Å²) in [5, 5.41) is 0. The first-order valence-corrected chi connectivity index (χ1v) is 8.14. The number of piperidine rings is 1. The molecule has 1 amide bonds. The Balaban J connectivity index is 1.72. The molecule has 0 N–H and O–H groups in total. The Labute approximate surface area is 143 Å². The van der Waals surface area contributed by atoms with E-state index >= 15 is 0 Å². The second-order valence-electron chi connectivity index (χ2n) is 6.14. The van der Waals surface area contributed by atoms with Crippen LogP contribution < -0.4 is 0 Å². The monoisotopic (exact) mass is 349 g/mol. The number of hydrogen-bond donors (Lipinski definition) is 0. The van der Waals surface area contributed by atoms with E-state index in [0.29, 0.717) is 13.1 Å². The molecule has 7 heteroatoms. The van der Waals surface area contributed by atoms with Crippen molar-refractivity contribution in [3.8, 4) is 0 Å². The number of alkyl halides is 3. The summed E-state index contributed by atoms with van der Waals surface area (Å²) in [6.45, 7) is 1.04. The van der Waals surface area contributed by atoms with Gasteiger partial charge in [-0.15, -0.1) is 0 Å². The molecule has 2 heterocycles. The third-order valence-electron chi connectivity index (χ3n) is 4.46. The van der Waals surface area contributed by atoms with E-state index < -0.39 is 11.7 Å². The highest BCUT2D eigenvalue weighted by atomic mass is 19.4. The van der Waals surface area contributed by atoms with Gasteiger partial charge in [-0.2, -0.15) is 13.2 Å². The number of carbonyl (C=O) groups excluding carboxylic acids is 1. The summed E-state index contributed by atoms with van der Waals surface area (Å²) in [7, 11) is 0. The molecule has 1 fully saturated rings. The van der Waals surface area contributed by atoms with E-state index in [-0.39, 0.29) is 23.8 Å². The first-order chi connectivity index (χ1) is 11.9. The van der Waals surface area contributed by atoms with Crippen molar-refractivity contribution in [3.63, 3.8) is 0 Å². The molecule has 4 nitrogen and oxygen atoms in total. The summed E-state index contributed by atoms with van der Waals surface area (Å²) in [4.78, 5) is 22.3. The standard InChI is InChI=1S/C18H18F3N3O/c19-18(20,21)15-6-2-1-4-13(15)10-17(25)24-9-3-5-14(11-24)16-7-8-22-12-23-16/h1-2,4,6-8,12,14H,3,5,9-11H2. The molecule has 3 rings (SSSR count). The number of rotatable bonds is 3. The van der Waals surface area contributed by atoms with Crippen LogP contribution in [-0.4, -0.2) is 33.9 Å². The largest absolute Gasteiger partial charge is 0.416 e. The molecule has 1 aliphatic rings. The lowest BCUT2D eigenvalue weighted by molar-refractivity contribution is -0.138. The Morgan fingerprint density at radius 3 is 2.76 bits per heavy atom. The smallest absolute Gasteiger partial charge is 0.342 e. The summed E-state index contributed by atoms with van der Waals surface area (Å²) < 4.78 is 39.3. The molecule has 132 valence electrons. The molecule has 0 spiro atoms. The van der Waals surface area contributed by atoms with E-state index in [1.54, 1.807) is 11.1 Å². The van der Waals surface area contributed by atoms with Gasteiger partial charge in [0, 0.05) is 30.9 Å². The molecule has 2 aromatic rings. The number of likely N-dealkylation sites (tertiary alicyclic amines) is 1. The third-order valence-corrected chi connectivity index (χ3v) is 4.46. The van der Waals surface area contributed by atoms with Crippen LogP contribution in [0.4, 0.5) is 13.2 Å². The maximum absolute atomic E-state index is 13.1. The minimum atomic E-state index is -4.46. The molecule has 0 bridgehead atoms. The number of hydrogen-bond acceptors (Lipinski definition) is 3. The van der Waals surface area contributed by atoms with Crippen LogP contribution >= 0.6 is 0 Å². The van der Waals surface area contributed by atoms with Crippen LogP contribution in [0.25, 0.3) is 0 Å². The highest BCUT2D eigenvalue weighted by Crippen LogP contribution is 2.32. The van der Waals surface area contributed by atoms with Gasteiger partial charge in [0.1, 0.15) is 6.33 Å². The predicted molar refractivity (Wildman–Crippen MR) is 85.7 cm³/mol. The maximum Gasteiger partial charge on any atom is 0.416 e. The van der Waals surface area contributed by atoms with Gasteiger partial charge in [-0.25, -0.2) is 9.97 Å². The topological polar surface area (TPSA) is 46.1 Å². The highest BCUT2D eigenvalue weighted by Gasteiger charge is 2.34. The van der Waals surface area contributed by atoms with Crippen LogP contribution in [0, 0.1) is 0 Å². The lowest BCUT2D eigenvalue weighted by atomic mass is 9.94. The van der Waals surface area contributed by atoms with Crippen molar-refractivity contribution >= 4 is 5.91 Å². The summed E-state index contributed by atoms with van der Waals surface area (Å²) in [5.41, 5.74) is 0.139. The number of benzene rings is 1. The van der Waals surface area contributed by atoms with Crippen LogP contribution in [-0.2, 0) is 17.4 Å². The Hall–Kier alpha value is -2.44. The number of halogens is 3. The van der Waals surface area contributed by atoms with Crippen LogP contribution in [0.3, 0.4) is 0 Å². The molecule has 1 aromatic carbocycles. The molecular formula is C18H18F3N3O. The second kappa shape index (κ2) is 7.21. The molecule has 1 unspecified atom stereocenters. The summed E-state index contributed by atoms with van der Waals surface area (Å²) >= 11 is 0. The number of nitrogens with zero attached hydrogens (tertiary/aromatic N) is 3. The Bertz CT molecular complexity index is 734. The SMILES string of the molecule is O=C(Cc1ccccc1C(F)(F)F)N1CCCC(c2ccncn2)C1. The van der Waals surface area contributed by atoms with E-state index in [2.05, 4.69) is 9.97 Å². The fraction of sp³-hybridized carbons (Fsp3) is 0.389. The van der Waals surface area contributed by atoms with Gasteiger partial charge in [0.25, 0.3) is 0 Å². The van der Waals surface area contributed by atoms with Crippen molar-refractivity contribution in [1.29, 1.82) is 0 Å². The zero-order chi connectivity index (χ0) is 17.9. The Morgan fingerprint density at radius 2 is 2.04 bits per heavy atom. The molecule has 0 aliphatic carbocycles. The van der Waals surface area contributed by atoms with Crippen molar-refractivity contribution in [2.75, 3.05) is 13.1 Å². The maximum atomic E-state index is 13.1. The molecule has 1 atom stereocenters. The molecule has 1 aliphatic heterocycles. The van der Waals surface area contributed by atoms with Gasteiger partial charge in [0.05, 0.1) is 12.0 Å². The number of aromatic nitrogens is 2. The average molecular weight is 349 g/mol. The van der Waals surface area contributed by atoms with E-state index in [4.69, 9.17) is 0 Å². The van der Waals surface area contributed by atoms with Crippen LogP contribution in [0.5, 0.6) is 0 Å². The fourth-order valence-corrected chi connectivity index (χ4v) is 3.21. The molecule has 25 heavy (non-hydrogen) atoms. The number of amides is 1. The van der Waals surface area contributed by atoms with Gasteiger partial charge in [0.2, 0.25) is 5.91 Å². The number of carbonyl (C=O) groups is 1.